The van der Waals surface area contributed by atoms with Crippen molar-refractivity contribution < 1.29 is 19.4 Å². The van der Waals surface area contributed by atoms with Crippen LogP contribution in [0, 0.1) is 20.2 Å². The van der Waals surface area contributed by atoms with Crippen LogP contribution in [0.3, 0.4) is 0 Å². The minimum Gasteiger partial charge on any atom is -0.287 e. The number of hydrogen-bond acceptors (Lipinski definition) is 10. The van der Waals surface area contributed by atoms with Gasteiger partial charge in [-0.15, -0.1) is 0 Å². The molecule has 0 bridgehead atoms. The van der Waals surface area contributed by atoms with E-state index in [-0.39, 0.29) is 11.4 Å². The summed E-state index contributed by atoms with van der Waals surface area (Å²) in [6.07, 6.45) is 0. The van der Waals surface area contributed by atoms with E-state index >= 15 is 0 Å². The van der Waals surface area contributed by atoms with E-state index in [2.05, 4.69) is 21.1 Å². The molecule has 0 heterocycles. The highest BCUT2D eigenvalue weighted by Gasteiger charge is 2.32. The van der Waals surface area contributed by atoms with Crippen LogP contribution in [-0.2, 0) is 0 Å². The maximum Gasteiger partial charge on any atom is 0.287 e. The summed E-state index contributed by atoms with van der Waals surface area (Å²) in [6, 6.07) is 18.7. The van der Waals surface area contributed by atoms with Gasteiger partial charge in [-0.25, -0.2) is 0 Å². The van der Waals surface area contributed by atoms with E-state index in [1.807, 2.05) is 0 Å². The van der Waals surface area contributed by atoms with E-state index < -0.39 is 43.9 Å². The highest BCUT2D eigenvalue weighted by atomic mass is 16.6. The zero-order valence-electron chi connectivity index (χ0n) is 19.2. The molecule has 0 spiro atoms. The molecule has 0 aliphatic carbocycles. The highest BCUT2D eigenvalue weighted by molar-refractivity contribution is 6.48. The third-order valence-electron chi connectivity index (χ3n) is 4.91. The van der Waals surface area contributed by atoms with Gasteiger partial charge in [-0.2, -0.15) is 10.2 Å². The van der Waals surface area contributed by atoms with Gasteiger partial charge in [0.2, 0.25) is 11.6 Å². The smallest absolute Gasteiger partial charge is 0.287 e. The van der Waals surface area contributed by atoms with Crippen LogP contribution < -0.4 is 10.9 Å². The standard InChI is InChI=1S/C24H20N6O6/c1-15(25-27-17-9-5-3-6-10-17)23(31)19-13-20(22(30(35)36)14-21(19)29(33)34)24(32)16(2)26-28-18-11-7-4-8-12-18/h3-14,27-28H,1-2H3/b25-15+,26-16+. The first-order valence-electron chi connectivity index (χ1n) is 10.5. The minimum absolute atomic E-state index is 0.162. The summed E-state index contributed by atoms with van der Waals surface area (Å²) in [5.74, 6) is -1.77. The van der Waals surface area contributed by atoms with Crippen molar-refractivity contribution in [3.8, 4) is 0 Å². The van der Waals surface area contributed by atoms with Crippen LogP contribution in [0.2, 0.25) is 0 Å². The average Bonchev–Trinajstić information content (AvgIpc) is 2.89. The van der Waals surface area contributed by atoms with Gasteiger partial charge in [-0.05, 0) is 44.2 Å². The Morgan fingerprint density at radius 2 is 1.03 bits per heavy atom. The van der Waals surface area contributed by atoms with E-state index in [4.69, 9.17) is 0 Å². The van der Waals surface area contributed by atoms with Gasteiger partial charge in [-0.1, -0.05) is 36.4 Å². The van der Waals surface area contributed by atoms with Crippen molar-refractivity contribution in [2.45, 2.75) is 13.8 Å². The molecule has 0 amide bonds. The number of carbonyl (C=O) groups is 2. The van der Waals surface area contributed by atoms with E-state index in [0.717, 1.165) is 6.07 Å². The molecule has 0 atom stereocenters. The Morgan fingerprint density at radius 3 is 1.36 bits per heavy atom. The fourth-order valence-electron chi connectivity index (χ4n) is 3.06. The number of ketones is 2. The van der Waals surface area contributed by atoms with Crippen molar-refractivity contribution in [2.75, 3.05) is 10.9 Å². The van der Waals surface area contributed by atoms with Crippen LogP contribution in [-0.4, -0.2) is 32.8 Å². The van der Waals surface area contributed by atoms with Gasteiger partial charge in [0.25, 0.3) is 11.4 Å². The lowest BCUT2D eigenvalue weighted by Gasteiger charge is -2.08. The zero-order chi connectivity index (χ0) is 26.2. The van der Waals surface area contributed by atoms with Crippen molar-refractivity contribution in [1.82, 2.24) is 0 Å². The summed E-state index contributed by atoms with van der Waals surface area (Å²) >= 11 is 0. The highest BCUT2D eigenvalue weighted by Crippen LogP contribution is 2.30. The number of rotatable bonds is 10. The maximum absolute atomic E-state index is 13.0. The summed E-state index contributed by atoms with van der Waals surface area (Å²) in [4.78, 5) is 47.5. The Morgan fingerprint density at radius 1 is 0.667 bits per heavy atom. The second kappa shape index (κ2) is 11.2. The summed E-state index contributed by atoms with van der Waals surface area (Å²) < 4.78 is 0. The van der Waals surface area contributed by atoms with Crippen molar-refractivity contribution in [3.63, 3.8) is 0 Å². The fourth-order valence-corrected chi connectivity index (χ4v) is 3.06. The Bertz CT molecular complexity index is 1280. The number of hydrogen-bond donors (Lipinski definition) is 2. The monoisotopic (exact) mass is 488 g/mol. The second-order valence-electron chi connectivity index (χ2n) is 7.41. The predicted octanol–water partition coefficient (Wildman–Crippen LogP) is 4.84. The average molecular weight is 488 g/mol. The number of carbonyl (C=O) groups excluding carboxylic acids is 2. The molecule has 0 saturated carbocycles. The van der Waals surface area contributed by atoms with Crippen LogP contribution in [0.15, 0.2) is 83.0 Å². The second-order valence-corrected chi connectivity index (χ2v) is 7.41. The first kappa shape index (κ1) is 25.4. The van der Waals surface area contributed by atoms with Crippen LogP contribution in [0.1, 0.15) is 34.6 Å². The number of nitro benzene ring substituents is 2. The van der Waals surface area contributed by atoms with E-state index in [9.17, 15) is 29.8 Å². The number of hydrazone groups is 2. The Kier molecular flexibility index (Phi) is 7.92. The number of Topliss-reactive ketones (excluding diaryl/α,β-unsaturated/α-hetero) is 2. The largest absolute Gasteiger partial charge is 0.287 e. The number of nitro groups is 2. The van der Waals surface area contributed by atoms with Gasteiger partial charge in [-0.3, -0.25) is 40.7 Å². The first-order chi connectivity index (χ1) is 17.2. The fraction of sp³-hybridized carbons (Fsp3) is 0.0833. The van der Waals surface area contributed by atoms with Gasteiger partial charge >= 0.3 is 0 Å². The molecule has 0 aliphatic rings. The molecule has 36 heavy (non-hydrogen) atoms. The van der Waals surface area contributed by atoms with Crippen molar-refractivity contribution in [2.24, 2.45) is 10.2 Å². The molecule has 0 radical (unpaired) electrons. The first-order valence-corrected chi connectivity index (χ1v) is 10.5. The van der Waals surface area contributed by atoms with Gasteiger partial charge in [0.1, 0.15) is 22.6 Å². The van der Waals surface area contributed by atoms with Gasteiger partial charge < -0.3 is 0 Å². The summed E-state index contributed by atoms with van der Waals surface area (Å²) in [7, 11) is 0. The van der Waals surface area contributed by atoms with Crippen LogP contribution in [0.5, 0.6) is 0 Å². The lowest BCUT2D eigenvalue weighted by Crippen LogP contribution is -2.19. The van der Waals surface area contributed by atoms with E-state index in [0.29, 0.717) is 17.4 Å². The molecule has 0 aliphatic heterocycles. The summed E-state index contributed by atoms with van der Waals surface area (Å²) in [6.45, 7) is 2.64. The Hall–Kier alpha value is -5.26. The number of nitrogens with zero attached hydrogens (tertiary/aromatic N) is 4. The summed E-state index contributed by atoms with van der Waals surface area (Å²) in [5, 5.41) is 31.2. The Balaban J connectivity index is 2.01. The number of nitrogens with one attached hydrogen (secondary N) is 2. The van der Waals surface area contributed by atoms with Crippen LogP contribution in [0.4, 0.5) is 22.7 Å². The maximum atomic E-state index is 13.0. The SMILES string of the molecule is C/C(=N\Nc1ccccc1)C(=O)c1cc(C(=O)/C(C)=N/Nc2ccccc2)c([N+](=O)[O-])cc1[N+](=O)[O-]. The third kappa shape index (κ3) is 5.99. The molecule has 3 rings (SSSR count). The molecule has 0 fully saturated rings. The molecule has 12 heteroatoms. The van der Waals surface area contributed by atoms with Crippen LogP contribution in [0.25, 0.3) is 0 Å². The van der Waals surface area contributed by atoms with Gasteiger partial charge in [0, 0.05) is 0 Å². The van der Waals surface area contributed by atoms with E-state index in [1.165, 1.54) is 13.8 Å². The molecule has 3 aromatic rings. The predicted molar refractivity (Wildman–Crippen MR) is 135 cm³/mol. The molecule has 182 valence electrons. The van der Waals surface area contributed by atoms with E-state index in [1.54, 1.807) is 60.7 Å². The number of anilines is 2. The molecule has 2 N–H and O–H groups in total. The molecule has 0 saturated heterocycles. The normalized spacial score (nSPS) is 11.5. The third-order valence-corrected chi connectivity index (χ3v) is 4.91. The van der Waals surface area contributed by atoms with Crippen molar-refractivity contribution >= 4 is 45.7 Å². The minimum atomic E-state index is -0.926. The quantitative estimate of drug-likeness (QED) is 0.177. The molecular formula is C24H20N6O6. The summed E-state index contributed by atoms with van der Waals surface area (Å²) in [5.41, 5.74) is 3.43. The number of para-hydroxylation sites is 2. The molecule has 3 aromatic carbocycles. The lowest BCUT2D eigenvalue weighted by atomic mass is 9.97. The molecule has 0 aromatic heterocycles. The Labute approximate surface area is 204 Å². The van der Waals surface area contributed by atoms with Gasteiger partial charge in [0.05, 0.1) is 27.3 Å². The topological polar surface area (TPSA) is 169 Å². The van der Waals surface area contributed by atoms with Crippen LogP contribution >= 0.6 is 0 Å². The molecule has 0 unspecified atom stereocenters. The lowest BCUT2D eigenvalue weighted by molar-refractivity contribution is -0.394. The molecular weight excluding hydrogens is 468 g/mol. The van der Waals surface area contributed by atoms with Gasteiger partial charge in [0.15, 0.2) is 0 Å². The molecule has 12 nitrogen and oxygen atoms in total. The number of benzene rings is 3. The zero-order valence-corrected chi connectivity index (χ0v) is 19.2. The van der Waals surface area contributed by atoms with Crippen molar-refractivity contribution in [3.05, 3.63) is 104 Å². The van der Waals surface area contributed by atoms with Crippen molar-refractivity contribution in [1.29, 1.82) is 0 Å².